The average molecular weight is 339 g/mol. The molecule has 1 aliphatic heterocycles. The summed E-state index contributed by atoms with van der Waals surface area (Å²) >= 11 is 1.81. The Morgan fingerprint density at radius 3 is 2.70 bits per heavy atom. The Hall–Kier alpha value is -1.07. The summed E-state index contributed by atoms with van der Waals surface area (Å²) < 4.78 is 5.51. The number of aryl methyl sites for hydroxylation is 1. The van der Waals surface area contributed by atoms with Crippen LogP contribution in [0, 0.1) is 6.92 Å². The van der Waals surface area contributed by atoms with Crippen LogP contribution >= 0.6 is 11.3 Å². The van der Waals surface area contributed by atoms with Gasteiger partial charge in [0.2, 0.25) is 0 Å². The van der Waals surface area contributed by atoms with E-state index in [0.717, 1.165) is 19.4 Å². The molecule has 1 amide bonds. The second-order valence-corrected chi connectivity index (χ2v) is 8.55. The number of likely N-dealkylation sites (tertiary alicyclic amines) is 1. The van der Waals surface area contributed by atoms with Crippen LogP contribution in [-0.2, 0) is 4.74 Å². The summed E-state index contributed by atoms with van der Waals surface area (Å²) in [7, 11) is 0. The predicted octanol–water partition coefficient (Wildman–Crippen LogP) is 4.50. The van der Waals surface area contributed by atoms with Gasteiger partial charge in [0.15, 0.2) is 0 Å². The molecule has 1 aliphatic rings. The van der Waals surface area contributed by atoms with Crippen LogP contribution in [0.25, 0.3) is 0 Å². The van der Waals surface area contributed by atoms with Gasteiger partial charge in [0.1, 0.15) is 5.60 Å². The van der Waals surface area contributed by atoms with Gasteiger partial charge in [-0.25, -0.2) is 4.79 Å². The van der Waals surface area contributed by atoms with E-state index in [0.29, 0.717) is 12.1 Å². The van der Waals surface area contributed by atoms with Gasteiger partial charge in [-0.2, -0.15) is 0 Å². The van der Waals surface area contributed by atoms with Crippen LogP contribution in [0.5, 0.6) is 0 Å². The number of carbonyl (C=O) groups is 1. The van der Waals surface area contributed by atoms with E-state index >= 15 is 0 Å². The van der Waals surface area contributed by atoms with Crippen molar-refractivity contribution in [2.24, 2.45) is 0 Å². The monoisotopic (exact) mass is 338 g/mol. The molecule has 1 fully saturated rings. The summed E-state index contributed by atoms with van der Waals surface area (Å²) in [6, 6.07) is 3.18. The zero-order valence-electron chi connectivity index (χ0n) is 15.2. The maximum atomic E-state index is 12.3. The smallest absolute Gasteiger partial charge is 0.410 e. The molecule has 1 aromatic heterocycles. The number of carbonyl (C=O) groups excluding carboxylic acids is 1. The molecule has 0 radical (unpaired) electrons. The number of nitrogens with one attached hydrogen (secondary N) is 1. The van der Waals surface area contributed by atoms with Gasteiger partial charge in [-0.3, -0.25) is 0 Å². The molecule has 1 N–H and O–H groups in total. The van der Waals surface area contributed by atoms with Gasteiger partial charge in [0, 0.05) is 29.5 Å². The van der Waals surface area contributed by atoms with Gasteiger partial charge in [-0.15, -0.1) is 11.3 Å². The molecule has 5 heteroatoms. The van der Waals surface area contributed by atoms with Crippen LogP contribution in [0.4, 0.5) is 4.79 Å². The molecule has 1 saturated heterocycles. The zero-order valence-corrected chi connectivity index (χ0v) is 16.0. The minimum absolute atomic E-state index is 0.189. The Labute approximate surface area is 144 Å². The maximum absolute atomic E-state index is 12.3. The molecule has 0 aromatic carbocycles. The third-order valence-corrected chi connectivity index (χ3v) is 5.49. The van der Waals surface area contributed by atoms with E-state index in [-0.39, 0.29) is 12.1 Å². The summed E-state index contributed by atoms with van der Waals surface area (Å²) in [5.74, 6) is 0. The molecule has 2 rings (SSSR count). The predicted molar refractivity (Wildman–Crippen MR) is 96.0 cm³/mol. The number of rotatable bonds is 3. The highest BCUT2D eigenvalue weighted by molar-refractivity contribution is 7.10. The number of ether oxygens (including phenoxy) is 1. The normalized spacial score (nSPS) is 23.7. The van der Waals surface area contributed by atoms with Crippen molar-refractivity contribution in [3.63, 3.8) is 0 Å². The van der Waals surface area contributed by atoms with Crippen molar-refractivity contribution in [1.29, 1.82) is 0 Å². The van der Waals surface area contributed by atoms with Crippen LogP contribution in [0.1, 0.15) is 63.9 Å². The minimum Gasteiger partial charge on any atom is -0.444 e. The molecule has 0 spiro atoms. The summed E-state index contributed by atoms with van der Waals surface area (Å²) in [4.78, 5) is 15.5. The van der Waals surface area contributed by atoms with Crippen LogP contribution in [-0.4, -0.2) is 35.2 Å². The second kappa shape index (κ2) is 7.22. The number of nitrogens with zero attached hydrogens (tertiary/aromatic N) is 1. The molecule has 0 aliphatic carbocycles. The molecule has 2 heterocycles. The maximum Gasteiger partial charge on any atom is 0.410 e. The molecule has 130 valence electrons. The second-order valence-electron chi connectivity index (χ2n) is 7.60. The lowest BCUT2D eigenvalue weighted by Gasteiger charge is -2.39. The van der Waals surface area contributed by atoms with E-state index in [4.69, 9.17) is 4.74 Å². The number of piperidine rings is 1. The molecular weight excluding hydrogens is 308 g/mol. The first-order valence-corrected chi connectivity index (χ1v) is 9.35. The molecule has 1 aromatic rings. The summed E-state index contributed by atoms with van der Waals surface area (Å²) in [6.45, 7) is 13.0. The lowest BCUT2D eigenvalue weighted by molar-refractivity contribution is 0.00907. The van der Waals surface area contributed by atoms with Crippen molar-refractivity contribution >= 4 is 17.4 Å². The summed E-state index contributed by atoms with van der Waals surface area (Å²) in [5, 5.41) is 5.88. The number of amides is 1. The topological polar surface area (TPSA) is 41.6 Å². The van der Waals surface area contributed by atoms with E-state index in [1.165, 1.54) is 10.4 Å². The highest BCUT2D eigenvalue weighted by Gasteiger charge is 2.32. The van der Waals surface area contributed by atoms with Crippen LogP contribution < -0.4 is 5.32 Å². The standard InChI is InChI=1S/C18H30N2O2S/c1-12-8-10-23-16(12)14(3)19-15-7-9-20(13(2)11-15)17(21)22-18(4,5)6/h8,10,13-15,19H,7,9,11H2,1-6H3. The Morgan fingerprint density at radius 2 is 2.17 bits per heavy atom. The lowest BCUT2D eigenvalue weighted by Crippen LogP contribution is -2.51. The van der Waals surface area contributed by atoms with Gasteiger partial charge in [-0.05, 0) is 71.4 Å². The fraction of sp³-hybridized carbons (Fsp3) is 0.722. The first-order chi connectivity index (χ1) is 10.7. The van der Waals surface area contributed by atoms with E-state index < -0.39 is 5.60 Å². The SMILES string of the molecule is Cc1ccsc1C(C)NC1CCN(C(=O)OC(C)(C)C)C(C)C1. The lowest BCUT2D eigenvalue weighted by atomic mass is 9.97. The van der Waals surface area contributed by atoms with Crippen LogP contribution in [0.15, 0.2) is 11.4 Å². The van der Waals surface area contributed by atoms with Crippen LogP contribution in [0.2, 0.25) is 0 Å². The quantitative estimate of drug-likeness (QED) is 0.882. The largest absolute Gasteiger partial charge is 0.444 e. The van der Waals surface area contributed by atoms with Gasteiger partial charge >= 0.3 is 6.09 Å². The van der Waals surface area contributed by atoms with E-state index in [1.54, 1.807) is 0 Å². The minimum atomic E-state index is -0.433. The average Bonchev–Trinajstić information content (AvgIpc) is 2.83. The van der Waals surface area contributed by atoms with E-state index in [1.807, 2.05) is 37.0 Å². The first-order valence-electron chi connectivity index (χ1n) is 8.47. The Kier molecular flexibility index (Phi) is 5.74. The zero-order chi connectivity index (χ0) is 17.2. The van der Waals surface area contributed by atoms with Crippen LogP contribution in [0.3, 0.4) is 0 Å². The van der Waals surface area contributed by atoms with Crippen molar-refractivity contribution in [1.82, 2.24) is 10.2 Å². The van der Waals surface area contributed by atoms with Crippen molar-refractivity contribution in [2.75, 3.05) is 6.54 Å². The van der Waals surface area contributed by atoms with Crippen molar-refractivity contribution < 1.29 is 9.53 Å². The molecule has 3 unspecified atom stereocenters. The third kappa shape index (κ3) is 4.95. The molecule has 0 saturated carbocycles. The Bertz CT molecular complexity index is 535. The van der Waals surface area contributed by atoms with E-state index in [9.17, 15) is 4.79 Å². The highest BCUT2D eigenvalue weighted by Crippen LogP contribution is 2.27. The Balaban J connectivity index is 1.89. The molecule has 3 atom stereocenters. The Morgan fingerprint density at radius 1 is 1.48 bits per heavy atom. The number of hydrogen-bond donors (Lipinski definition) is 1. The number of hydrogen-bond acceptors (Lipinski definition) is 4. The fourth-order valence-corrected chi connectivity index (χ4v) is 4.12. The summed E-state index contributed by atoms with van der Waals surface area (Å²) in [6.07, 6.45) is 1.75. The summed E-state index contributed by atoms with van der Waals surface area (Å²) in [5.41, 5.74) is 0.922. The molecule has 23 heavy (non-hydrogen) atoms. The fourth-order valence-electron chi connectivity index (χ4n) is 3.17. The molecular formula is C18H30N2O2S. The van der Waals surface area contributed by atoms with Gasteiger partial charge in [0.25, 0.3) is 0 Å². The van der Waals surface area contributed by atoms with Gasteiger partial charge in [-0.1, -0.05) is 0 Å². The third-order valence-electron chi connectivity index (χ3n) is 4.28. The van der Waals surface area contributed by atoms with Crippen molar-refractivity contribution in [3.05, 3.63) is 21.9 Å². The number of thiophene rings is 1. The van der Waals surface area contributed by atoms with Gasteiger partial charge in [0.05, 0.1) is 0 Å². The van der Waals surface area contributed by atoms with Crippen molar-refractivity contribution in [3.8, 4) is 0 Å². The molecule has 4 nitrogen and oxygen atoms in total. The molecule has 0 bridgehead atoms. The first kappa shape index (κ1) is 18.3. The van der Waals surface area contributed by atoms with Crippen molar-refractivity contribution in [2.45, 2.75) is 78.1 Å². The van der Waals surface area contributed by atoms with E-state index in [2.05, 4.69) is 37.5 Å². The van der Waals surface area contributed by atoms with Gasteiger partial charge < -0.3 is 15.0 Å². The highest BCUT2D eigenvalue weighted by atomic mass is 32.1.